The number of aromatic amines is 1. The van der Waals surface area contributed by atoms with E-state index in [2.05, 4.69) is 74.8 Å². The van der Waals surface area contributed by atoms with Crippen molar-refractivity contribution in [3.8, 4) is 23.1 Å². The summed E-state index contributed by atoms with van der Waals surface area (Å²) in [5.74, 6) is -1.09. The smallest absolute Gasteiger partial charge is 0.297 e. The van der Waals surface area contributed by atoms with Crippen LogP contribution in [-0.4, -0.2) is 96.3 Å². The number of aliphatic hydroxyl groups is 1. The van der Waals surface area contributed by atoms with Crippen LogP contribution in [0.25, 0.3) is 11.0 Å². The number of fused-ring (bicyclic) bond motifs is 2. The Labute approximate surface area is 413 Å². The minimum Gasteiger partial charge on any atom is -0.489 e. The Morgan fingerprint density at radius 1 is 1.03 bits per heavy atom. The SMILES string of the molecule is CCOc1nc2[nH]cc(F)c2cc1Oc1cc(N2CCC3(CC2)CN([C@H]2CCC[C@H]2c2ccccc2C(C)(C)C)C3)ccc1C(=O)NS(=O)(=O)c1cc2c(c([N+](=O)[O-])c1)N[C@@H](C1CCC(C)(O)CC1)CO2. The first-order chi connectivity index (χ1) is 33.8. The molecule has 378 valence electrons. The summed E-state index contributed by atoms with van der Waals surface area (Å²) < 4.78 is 63.5. The Hall–Kier alpha value is -5.98. The highest BCUT2D eigenvalue weighted by atomic mass is 32.2. The zero-order valence-corrected chi connectivity index (χ0v) is 41.9. The second-order valence-electron chi connectivity index (χ2n) is 21.8. The van der Waals surface area contributed by atoms with E-state index in [1.807, 2.05) is 0 Å². The van der Waals surface area contributed by atoms with E-state index in [0.29, 0.717) is 37.6 Å². The molecule has 0 bridgehead atoms. The van der Waals surface area contributed by atoms with Gasteiger partial charge in [-0.25, -0.2) is 17.5 Å². The van der Waals surface area contributed by atoms with Gasteiger partial charge in [-0.1, -0.05) is 51.5 Å². The van der Waals surface area contributed by atoms with E-state index in [-0.39, 0.29) is 81.4 Å². The van der Waals surface area contributed by atoms with Gasteiger partial charge in [0.1, 0.15) is 23.8 Å². The van der Waals surface area contributed by atoms with Crippen LogP contribution in [0.3, 0.4) is 0 Å². The molecule has 2 saturated carbocycles. The average Bonchev–Trinajstić information content (AvgIpc) is 3.96. The van der Waals surface area contributed by atoms with Gasteiger partial charge in [0.15, 0.2) is 17.2 Å². The molecule has 2 aliphatic carbocycles. The van der Waals surface area contributed by atoms with Gasteiger partial charge < -0.3 is 34.5 Å². The molecule has 1 amide bonds. The molecule has 1 spiro atoms. The highest BCUT2D eigenvalue weighted by Crippen LogP contribution is 2.50. The number of rotatable bonds is 12. The maximum absolute atomic E-state index is 15.0. The Morgan fingerprint density at radius 2 is 1.77 bits per heavy atom. The van der Waals surface area contributed by atoms with Crippen molar-refractivity contribution in [2.24, 2.45) is 11.3 Å². The number of hydrogen-bond donors (Lipinski definition) is 4. The number of carbonyl (C=O) groups is 1. The van der Waals surface area contributed by atoms with E-state index in [9.17, 15) is 32.8 Å². The van der Waals surface area contributed by atoms with E-state index >= 15 is 0 Å². The molecule has 4 fully saturated rings. The number of nitrogens with one attached hydrogen (secondary N) is 3. The summed E-state index contributed by atoms with van der Waals surface area (Å²) in [5, 5.41) is 26.3. The highest BCUT2D eigenvalue weighted by Gasteiger charge is 2.50. The topological polar surface area (TPSA) is 201 Å². The van der Waals surface area contributed by atoms with Crippen LogP contribution in [0, 0.1) is 27.3 Å². The molecule has 3 atom stereocenters. The number of H-pyrrole nitrogens is 1. The number of amides is 1. The maximum Gasteiger partial charge on any atom is 0.297 e. The fraction of sp³-hybridized carbons (Fsp3) is 0.509. The number of benzene rings is 3. The van der Waals surface area contributed by atoms with Crippen molar-refractivity contribution < 1.29 is 41.8 Å². The second-order valence-corrected chi connectivity index (χ2v) is 23.5. The summed E-state index contributed by atoms with van der Waals surface area (Å²) >= 11 is 0. The first-order valence-corrected chi connectivity index (χ1v) is 26.5. The molecule has 2 aromatic heterocycles. The lowest BCUT2D eigenvalue weighted by Crippen LogP contribution is -2.63. The van der Waals surface area contributed by atoms with Crippen LogP contribution in [-0.2, 0) is 15.4 Å². The fourth-order valence-corrected chi connectivity index (χ4v) is 12.9. The van der Waals surface area contributed by atoms with Crippen molar-refractivity contribution in [2.75, 3.05) is 49.6 Å². The predicted molar refractivity (Wildman–Crippen MR) is 268 cm³/mol. The summed E-state index contributed by atoms with van der Waals surface area (Å²) in [6.07, 6.45) is 9.27. The van der Waals surface area contributed by atoms with Crippen LogP contribution < -0.4 is 29.1 Å². The fourth-order valence-electron chi connectivity index (χ4n) is 11.9. The first-order valence-electron chi connectivity index (χ1n) is 25.0. The molecule has 5 aliphatic rings. The molecule has 2 saturated heterocycles. The number of anilines is 2. The molecule has 4 N–H and O–H groups in total. The van der Waals surface area contributed by atoms with Crippen LogP contribution in [0.4, 0.5) is 21.5 Å². The van der Waals surface area contributed by atoms with Crippen molar-refractivity contribution in [3.05, 3.63) is 99.5 Å². The molecular weight excluding hydrogens is 930 g/mol. The van der Waals surface area contributed by atoms with Crippen molar-refractivity contribution in [1.29, 1.82) is 0 Å². The average molecular weight is 994 g/mol. The van der Waals surface area contributed by atoms with Gasteiger partial charge in [0.2, 0.25) is 0 Å². The normalized spacial score (nSPS) is 24.4. The molecule has 10 rings (SSSR count). The van der Waals surface area contributed by atoms with E-state index in [1.54, 1.807) is 26.0 Å². The molecule has 0 unspecified atom stereocenters. The summed E-state index contributed by atoms with van der Waals surface area (Å²) in [4.78, 5) is 37.7. The highest BCUT2D eigenvalue weighted by molar-refractivity contribution is 7.90. The number of nitro benzene ring substituents is 1. The number of sulfonamides is 1. The Kier molecular flexibility index (Phi) is 12.7. The van der Waals surface area contributed by atoms with Crippen LogP contribution in [0.5, 0.6) is 23.1 Å². The molecule has 3 aromatic carbocycles. The number of hydrogen-bond acceptors (Lipinski definition) is 13. The first kappa shape index (κ1) is 48.6. The summed E-state index contributed by atoms with van der Waals surface area (Å²) in [7, 11) is -4.76. The van der Waals surface area contributed by atoms with Crippen LogP contribution in [0.1, 0.15) is 120 Å². The lowest BCUT2D eigenvalue weighted by atomic mass is 9.70. The third kappa shape index (κ3) is 9.62. The predicted octanol–water partition coefficient (Wildman–Crippen LogP) is 9.57. The number of nitro groups is 1. The number of nitrogens with zero attached hydrogens (tertiary/aromatic N) is 4. The standard InChI is InChI=1S/C53H64FN7O9S/c1-6-68-50-46(27-38-40(54)28-55-48(38)57-50)70-44-24-33(59-22-20-53(21-23-59)30-60(31-53)42-13-9-11-36(42)35-10-7-8-12-39(35)51(2,3)4)14-15-37(44)49(62)58-71(66,67)34-25-43(61(64)65)47-45(26-34)69-29-41(56-47)32-16-18-52(5,63)19-17-32/h7-8,10,12,14-15,24-28,32,36,41-42,56,63H,6,9,11,13,16-23,29-31H2,1-5H3,(H,55,57)(H,58,62)/t32?,36-,41+,42-,52?/m0/s1. The number of carbonyl (C=O) groups excluding carboxylic acids is 1. The van der Waals surface area contributed by atoms with Crippen LogP contribution >= 0.6 is 0 Å². The Bertz CT molecular complexity index is 2970. The zero-order chi connectivity index (χ0) is 50.0. The number of likely N-dealkylation sites (tertiary alicyclic amines) is 1. The molecular formula is C53H64FN7O9S. The summed E-state index contributed by atoms with van der Waals surface area (Å²) in [5.41, 5.74) is 2.74. The van der Waals surface area contributed by atoms with Gasteiger partial charge in [0.25, 0.3) is 27.5 Å². The molecule has 5 aromatic rings. The minimum absolute atomic E-state index is 0.00118. The van der Waals surface area contributed by atoms with Crippen molar-refractivity contribution in [3.63, 3.8) is 0 Å². The van der Waals surface area contributed by atoms with Crippen molar-refractivity contribution in [2.45, 2.75) is 126 Å². The third-order valence-corrected chi connectivity index (χ3v) is 17.2. The summed E-state index contributed by atoms with van der Waals surface area (Å²) in [6, 6.07) is 17.6. The van der Waals surface area contributed by atoms with Gasteiger partial charge in [0, 0.05) is 68.4 Å². The lowest BCUT2D eigenvalue weighted by molar-refractivity contribution is -0.384. The maximum atomic E-state index is 15.0. The van der Waals surface area contributed by atoms with Gasteiger partial charge in [-0.15, -0.1) is 0 Å². The van der Waals surface area contributed by atoms with Crippen molar-refractivity contribution >= 4 is 44.0 Å². The van der Waals surface area contributed by atoms with Gasteiger partial charge >= 0.3 is 0 Å². The monoisotopic (exact) mass is 993 g/mol. The molecule has 18 heteroatoms. The number of pyridine rings is 1. The second kappa shape index (κ2) is 18.6. The molecule has 0 radical (unpaired) electrons. The van der Waals surface area contributed by atoms with Gasteiger partial charge in [0.05, 0.1) is 39.0 Å². The van der Waals surface area contributed by atoms with Crippen LogP contribution in [0.15, 0.2) is 71.8 Å². The third-order valence-electron chi connectivity index (χ3n) is 15.9. The van der Waals surface area contributed by atoms with E-state index < -0.39 is 42.9 Å². The number of piperidine rings is 1. The Morgan fingerprint density at radius 3 is 2.49 bits per heavy atom. The van der Waals surface area contributed by atoms with E-state index in [1.165, 1.54) is 42.5 Å². The van der Waals surface area contributed by atoms with Gasteiger partial charge in [-0.05, 0) is 111 Å². The van der Waals surface area contributed by atoms with Gasteiger partial charge in [-0.2, -0.15) is 4.98 Å². The van der Waals surface area contributed by atoms with Gasteiger partial charge in [-0.3, -0.25) is 19.8 Å². The van der Waals surface area contributed by atoms with E-state index in [0.717, 1.165) is 63.0 Å². The number of halogens is 1. The largest absolute Gasteiger partial charge is 0.489 e. The molecule has 16 nitrogen and oxygen atoms in total. The Balaban J connectivity index is 0.889. The lowest BCUT2D eigenvalue weighted by Gasteiger charge is -2.57. The molecule has 71 heavy (non-hydrogen) atoms. The quantitative estimate of drug-likeness (QED) is 0.0681. The number of ether oxygens (including phenoxy) is 3. The number of aromatic nitrogens is 2. The zero-order valence-electron chi connectivity index (χ0n) is 41.1. The molecule has 5 heterocycles. The summed E-state index contributed by atoms with van der Waals surface area (Å²) in [6.45, 7) is 14.4. The van der Waals surface area contributed by atoms with Crippen molar-refractivity contribution in [1.82, 2.24) is 19.6 Å². The van der Waals surface area contributed by atoms with E-state index in [4.69, 9.17) is 14.2 Å². The van der Waals surface area contributed by atoms with Crippen LogP contribution in [0.2, 0.25) is 0 Å². The minimum atomic E-state index is -4.76. The molecule has 3 aliphatic heterocycles.